The number of nitrogens with zero attached hydrogens (tertiary/aromatic N) is 1. The Kier molecular flexibility index (Phi) is 5.07. The second-order valence-electron chi connectivity index (χ2n) is 2.53. The van der Waals surface area contributed by atoms with Crippen LogP contribution < -0.4 is 0 Å². The molecular weight excluding hydrogens is 142 g/mol. The van der Waals surface area contributed by atoms with Crippen molar-refractivity contribution in [2.75, 3.05) is 0 Å². The number of hydrogen-bond acceptors (Lipinski definition) is 2. The lowest BCUT2D eigenvalue weighted by Crippen LogP contribution is -1.81. The van der Waals surface area contributed by atoms with Crippen LogP contribution in [0.25, 0.3) is 0 Å². The molecule has 0 unspecified atom stereocenters. The Morgan fingerprint density at radius 2 is 2.09 bits per heavy atom. The van der Waals surface area contributed by atoms with Crippen LogP contribution >= 0.6 is 0 Å². The molecule has 62 valence electrons. The molecule has 0 N–H and O–H groups in total. The van der Waals surface area contributed by atoms with Crippen LogP contribution in [0.2, 0.25) is 0 Å². The van der Waals surface area contributed by atoms with Crippen LogP contribution in [0.3, 0.4) is 0 Å². The van der Waals surface area contributed by atoms with Crippen LogP contribution in [0.5, 0.6) is 0 Å². The first-order valence-electron chi connectivity index (χ1n) is 3.56. The van der Waals surface area contributed by atoms with Crippen LogP contribution in [-0.2, 0) is 0 Å². The van der Waals surface area contributed by atoms with E-state index in [0.29, 0.717) is 0 Å². The molecule has 3 nitrogen and oxygen atoms in total. The molecule has 0 amide bonds. The zero-order valence-electron chi connectivity index (χ0n) is 6.91. The van der Waals surface area contributed by atoms with E-state index in [0.717, 1.165) is 19.0 Å². The standard InChI is InChI=1S/C8H13NO2/c1-8(2)6-4-3-5-7-9(10)11/h5-7H,3-4H2,1-2H3/b7-5+. The lowest BCUT2D eigenvalue weighted by Gasteiger charge is -1.87. The quantitative estimate of drug-likeness (QED) is 0.271. The fraction of sp³-hybridized carbons (Fsp3) is 0.500. The maximum absolute atomic E-state index is 9.80. The van der Waals surface area contributed by atoms with E-state index in [1.807, 2.05) is 13.8 Å². The number of nitro groups is 1. The summed E-state index contributed by atoms with van der Waals surface area (Å²) in [4.78, 5) is 9.36. The zero-order chi connectivity index (χ0) is 8.69. The molecule has 0 radical (unpaired) electrons. The van der Waals surface area contributed by atoms with Gasteiger partial charge >= 0.3 is 0 Å². The van der Waals surface area contributed by atoms with Gasteiger partial charge in [-0.3, -0.25) is 10.1 Å². The van der Waals surface area contributed by atoms with Gasteiger partial charge in [0.25, 0.3) is 0 Å². The Balaban J connectivity index is 3.42. The Morgan fingerprint density at radius 3 is 2.55 bits per heavy atom. The van der Waals surface area contributed by atoms with Gasteiger partial charge in [-0.1, -0.05) is 11.6 Å². The summed E-state index contributed by atoms with van der Waals surface area (Å²) < 4.78 is 0. The molecule has 0 atom stereocenters. The average Bonchev–Trinajstić information content (AvgIpc) is 1.85. The fourth-order valence-electron chi connectivity index (χ4n) is 0.629. The molecule has 0 aromatic heterocycles. The van der Waals surface area contributed by atoms with Crippen LogP contribution in [0.1, 0.15) is 26.7 Å². The first-order valence-corrected chi connectivity index (χ1v) is 3.56. The molecule has 11 heavy (non-hydrogen) atoms. The number of rotatable bonds is 4. The minimum absolute atomic E-state index is 0.442. The van der Waals surface area contributed by atoms with Crippen LogP contribution in [-0.4, -0.2) is 4.92 Å². The Labute approximate surface area is 66.6 Å². The second kappa shape index (κ2) is 5.65. The molecule has 0 aliphatic rings. The molecule has 0 saturated carbocycles. The predicted molar refractivity (Wildman–Crippen MR) is 44.8 cm³/mol. The molecule has 0 aliphatic carbocycles. The van der Waals surface area contributed by atoms with E-state index in [2.05, 4.69) is 6.08 Å². The molecule has 0 aliphatic heterocycles. The summed E-state index contributed by atoms with van der Waals surface area (Å²) in [6.07, 6.45) is 6.24. The monoisotopic (exact) mass is 155 g/mol. The second-order valence-corrected chi connectivity index (χ2v) is 2.53. The number of hydrogen-bond donors (Lipinski definition) is 0. The maximum Gasteiger partial charge on any atom is 0.230 e. The summed E-state index contributed by atoms with van der Waals surface area (Å²) in [6.45, 7) is 4.02. The van der Waals surface area contributed by atoms with Crippen LogP contribution in [0.4, 0.5) is 0 Å². The van der Waals surface area contributed by atoms with E-state index in [4.69, 9.17) is 0 Å². The zero-order valence-corrected chi connectivity index (χ0v) is 6.91. The average molecular weight is 155 g/mol. The third-order valence-electron chi connectivity index (χ3n) is 1.11. The molecule has 0 bridgehead atoms. The van der Waals surface area contributed by atoms with Gasteiger partial charge in [-0.15, -0.1) is 0 Å². The SMILES string of the molecule is CC(C)=CCC/C=C/[N+](=O)[O-]. The van der Waals surface area contributed by atoms with Crippen molar-refractivity contribution in [2.24, 2.45) is 0 Å². The highest BCUT2D eigenvalue weighted by atomic mass is 16.6. The highest BCUT2D eigenvalue weighted by molar-refractivity contribution is 4.94. The summed E-state index contributed by atoms with van der Waals surface area (Å²) in [7, 11) is 0. The fourth-order valence-corrected chi connectivity index (χ4v) is 0.629. The van der Waals surface area contributed by atoms with Crippen molar-refractivity contribution in [3.05, 3.63) is 34.0 Å². The van der Waals surface area contributed by atoms with Crippen molar-refractivity contribution >= 4 is 0 Å². The van der Waals surface area contributed by atoms with Crippen molar-refractivity contribution < 1.29 is 4.92 Å². The van der Waals surface area contributed by atoms with Gasteiger partial charge in [0, 0.05) is 0 Å². The van der Waals surface area contributed by atoms with Crippen molar-refractivity contribution in [1.82, 2.24) is 0 Å². The van der Waals surface area contributed by atoms with Crippen molar-refractivity contribution in [2.45, 2.75) is 26.7 Å². The summed E-state index contributed by atoms with van der Waals surface area (Å²) >= 11 is 0. The normalized spacial score (nSPS) is 10.0. The largest absolute Gasteiger partial charge is 0.259 e. The third-order valence-corrected chi connectivity index (χ3v) is 1.11. The van der Waals surface area contributed by atoms with E-state index in [9.17, 15) is 10.1 Å². The van der Waals surface area contributed by atoms with Gasteiger partial charge in [-0.25, -0.2) is 0 Å². The summed E-state index contributed by atoms with van der Waals surface area (Å²) in [6, 6.07) is 0. The number of allylic oxidation sites excluding steroid dienone is 3. The molecule has 0 aromatic rings. The highest BCUT2D eigenvalue weighted by Gasteiger charge is 1.83. The molecule has 0 heterocycles. The maximum atomic E-state index is 9.80. The molecule has 0 saturated heterocycles. The summed E-state index contributed by atoms with van der Waals surface area (Å²) in [5.41, 5.74) is 1.25. The van der Waals surface area contributed by atoms with Gasteiger partial charge in [0.1, 0.15) is 0 Å². The smallest absolute Gasteiger partial charge is 0.230 e. The van der Waals surface area contributed by atoms with E-state index in [1.165, 1.54) is 5.57 Å². The minimum atomic E-state index is -0.442. The highest BCUT2D eigenvalue weighted by Crippen LogP contribution is 1.97. The van der Waals surface area contributed by atoms with Crippen LogP contribution in [0, 0.1) is 10.1 Å². The van der Waals surface area contributed by atoms with Crippen molar-refractivity contribution in [3.8, 4) is 0 Å². The Hall–Kier alpha value is -1.12. The molecular formula is C8H13NO2. The van der Waals surface area contributed by atoms with Gasteiger partial charge in [0.2, 0.25) is 6.20 Å². The summed E-state index contributed by atoms with van der Waals surface area (Å²) in [5.74, 6) is 0. The lowest BCUT2D eigenvalue weighted by atomic mass is 10.2. The predicted octanol–water partition coefficient (Wildman–Crippen LogP) is 2.52. The molecule has 0 aromatic carbocycles. The van der Waals surface area contributed by atoms with E-state index < -0.39 is 4.92 Å². The molecule has 0 spiro atoms. The lowest BCUT2D eigenvalue weighted by molar-refractivity contribution is -0.402. The Bertz CT molecular complexity index is 179. The molecule has 0 rings (SSSR count). The van der Waals surface area contributed by atoms with Crippen molar-refractivity contribution in [1.29, 1.82) is 0 Å². The van der Waals surface area contributed by atoms with Gasteiger partial charge in [0.15, 0.2) is 0 Å². The van der Waals surface area contributed by atoms with Gasteiger partial charge in [0.05, 0.1) is 4.92 Å². The van der Waals surface area contributed by atoms with Crippen molar-refractivity contribution in [3.63, 3.8) is 0 Å². The van der Waals surface area contributed by atoms with Gasteiger partial charge < -0.3 is 0 Å². The first-order chi connectivity index (χ1) is 5.13. The van der Waals surface area contributed by atoms with Gasteiger partial charge in [-0.05, 0) is 32.8 Å². The first kappa shape index (κ1) is 9.88. The number of unbranched alkanes of at least 4 members (excludes halogenated alkanes) is 1. The van der Waals surface area contributed by atoms with E-state index >= 15 is 0 Å². The topological polar surface area (TPSA) is 43.1 Å². The molecule has 0 fully saturated rings. The van der Waals surface area contributed by atoms with Crippen LogP contribution in [0.15, 0.2) is 23.9 Å². The summed E-state index contributed by atoms with van der Waals surface area (Å²) in [5, 5.41) is 9.80. The minimum Gasteiger partial charge on any atom is -0.259 e. The Morgan fingerprint density at radius 1 is 1.45 bits per heavy atom. The third kappa shape index (κ3) is 8.88. The van der Waals surface area contributed by atoms with E-state index in [1.54, 1.807) is 6.08 Å². The van der Waals surface area contributed by atoms with E-state index in [-0.39, 0.29) is 0 Å². The van der Waals surface area contributed by atoms with Gasteiger partial charge in [-0.2, -0.15) is 0 Å². The molecule has 3 heteroatoms.